The topological polar surface area (TPSA) is 112 Å². The lowest BCUT2D eigenvalue weighted by Crippen LogP contribution is -2.18. The van der Waals surface area contributed by atoms with Gasteiger partial charge in [-0.05, 0) is 18.2 Å². The summed E-state index contributed by atoms with van der Waals surface area (Å²) in [7, 11) is 0. The van der Waals surface area contributed by atoms with E-state index in [-0.39, 0.29) is 29.8 Å². The second-order valence-corrected chi connectivity index (χ2v) is 5.92. The van der Waals surface area contributed by atoms with E-state index >= 15 is 0 Å². The van der Waals surface area contributed by atoms with Crippen molar-refractivity contribution in [3.05, 3.63) is 63.7 Å². The van der Waals surface area contributed by atoms with E-state index < -0.39 is 11.0 Å². The molecule has 0 aromatic heterocycles. The van der Waals surface area contributed by atoms with Crippen molar-refractivity contribution in [1.82, 2.24) is 0 Å². The van der Waals surface area contributed by atoms with Crippen molar-refractivity contribution in [3.63, 3.8) is 0 Å². The smallest absolute Gasteiger partial charge is 0.271 e. The van der Waals surface area contributed by atoms with Crippen LogP contribution in [0, 0.1) is 10.1 Å². The van der Waals surface area contributed by atoms with E-state index in [1.165, 1.54) is 12.1 Å². The molecule has 1 unspecified atom stereocenters. The number of nitro benzene ring substituents is 1. The number of ether oxygens (including phenoxy) is 3. The van der Waals surface area contributed by atoms with Gasteiger partial charge in [0.15, 0.2) is 17.6 Å². The van der Waals surface area contributed by atoms with Crippen LogP contribution in [0.25, 0.3) is 0 Å². The Hall–Kier alpha value is -3.75. The molecule has 0 aliphatic carbocycles. The largest absolute Gasteiger partial charge is 0.461 e. The van der Waals surface area contributed by atoms with Crippen LogP contribution in [-0.4, -0.2) is 17.5 Å². The zero-order valence-electron chi connectivity index (χ0n) is 13.1. The van der Waals surface area contributed by atoms with Crippen LogP contribution in [0.4, 0.5) is 17.1 Å². The highest BCUT2D eigenvalue weighted by atomic mass is 16.7. The molecule has 9 nitrogen and oxygen atoms in total. The Morgan fingerprint density at radius 1 is 1.04 bits per heavy atom. The summed E-state index contributed by atoms with van der Waals surface area (Å²) < 4.78 is 16.4. The third-order valence-electron chi connectivity index (χ3n) is 4.37. The molecule has 0 amide bonds. The molecule has 2 N–H and O–H groups in total. The van der Waals surface area contributed by atoms with Gasteiger partial charge >= 0.3 is 0 Å². The molecule has 3 heterocycles. The maximum atomic E-state index is 12.8. The highest BCUT2D eigenvalue weighted by molar-refractivity contribution is 6.06. The van der Waals surface area contributed by atoms with Crippen LogP contribution in [0.15, 0.2) is 48.0 Å². The quantitative estimate of drug-likeness (QED) is 0.626. The van der Waals surface area contributed by atoms with E-state index in [1.807, 2.05) is 0 Å². The van der Waals surface area contributed by atoms with Crippen LogP contribution in [-0.2, 0) is 9.53 Å². The Labute approximate surface area is 146 Å². The minimum absolute atomic E-state index is 0.0567. The van der Waals surface area contributed by atoms with Crippen molar-refractivity contribution in [3.8, 4) is 11.5 Å². The Bertz CT molecular complexity index is 1020. The number of carbonyl (C=O) groups excluding carboxylic acids is 1. The van der Waals surface area contributed by atoms with Gasteiger partial charge in [-0.3, -0.25) is 14.9 Å². The Morgan fingerprint density at radius 3 is 2.73 bits per heavy atom. The van der Waals surface area contributed by atoms with Gasteiger partial charge in [0.2, 0.25) is 18.5 Å². The highest BCUT2D eigenvalue weighted by Crippen LogP contribution is 2.42. The fourth-order valence-electron chi connectivity index (χ4n) is 3.09. The molecule has 2 aromatic carbocycles. The van der Waals surface area contributed by atoms with Crippen molar-refractivity contribution >= 4 is 22.8 Å². The molecule has 5 rings (SSSR count). The standard InChI is InChI=1S/C17H11N3O6/c21-15-14-17(19-11-6-9(20(22)23)2-3-10(11)18-14)26-16(15)8-1-4-12-13(5-8)25-7-24-12/h1-6,16,18-19H,7H2. The predicted molar refractivity (Wildman–Crippen MR) is 88.8 cm³/mol. The second-order valence-electron chi connectivity index (χ2n) is 5.92. The molecule has 9 heteroatoms. The predicted octanol–water partition coefficient (Wildman–Crippen LogP) is 2.67. The molecule has 1 atom stereocenters. The first-order chi connectivity index (χ1) is 12.6. The maximum absolute atomic E-state index is 12.8. The Kier molecular flexibility index (Phi) is 2.87. The van der Waals surface area contributed by atoms with E-state index in [0.717, 1.165) is 0 Å². The summed E-state index contributed by atoms with van der Waals surface area (Å²) >= 11 is 0. The second kappa shape index (κ2) is 5.12. The number of fused-ring (bicyclic) bond motifs is 2. The average Bonchev–Trinajstić information content (AvgIpc) is 3.23. The van der Waals surface area contributed by atoms with Gasteiger partial charge in [-0.1, -0.05) is 6.07 Å². The molecule has 26 heavy (non-hydrogen) atoms. The number of rotatable bonds is 2. The first-order valence-corrected chi connectivity index (χ1v) is 7.77. The van der Waals surface area contributed by atoms with Gasteiger partial charge in [-0.2, -0.15) is 0 Å². The molecular weight excluding hydrogens is 342 g/mol. The first kappa shape index (κ1) is 14.6. The minimum Gasteiger partial charge on any atom is -0.461 e. The van der Waals surface area contributed by atoms with Crippen molar-refractivity contribution in [2.45, 2.75) is 6.10 Å². The molecule has 0 radical (unpaired) electrons. The first-order valence-electron chi connectivity index (χ1n) is 7.77. The van der Waals surface area contributed by atoms with Crippen molar-refractivity contribution in [2.24, 2.45) is 0 Å². The van der Waals surface area contributed by atoms with E-state index in [1.54, 1.807) is 24.3 Å². The molecule has 0 spiro atoms. The minimum atomic E-state index is -0.834. The number of non-ortho nitro benzene ring substituents is 1. The molecular formula is C17H11N3O6. The number of hydrogen-bond acceptors (Lipinski definition) is 8. The zero-order chi connectivity index (χ0) is 17.8. The summed E-state index contributed by atoms with van der Waals surface area (Å²) in [6, 6.07) is 9.48. The van der Waals surface area contributed by atoms with Gasteiger partial charge in [-0.25, -0.2) is 0 Å². The highest BCUT2D eigenvalue weighted by Gasteiger charge is 2.40. The number of nitro groups is 1. The van der Waals surface area contributed by atoms with Crippen LogP contribution < -0.4 is 20.1 Å². The van der Waals surface area contributed by atoms with Gasteiger partial charge in [0.1, 0.15) is 5.70 Å². The summed E-state index contributed by atoms with van der Waals surface area (Å²) in [6.45, 7) is 0.143. The molecule has 0 fully saturated rings. The van der Waals surface area contributed by atoms with E-state index in [0.29, 0.717) is 28.4 Å². The lowest BCUT2D eigenvalue weighted by atomic mass is 10.0. The molecule has 3 aliphatic rings. The summed E-state index contributed by atoms with van der Waals surface area (Å²) in [4.78, 5) is 23.2. The lowest BCUT2D eigenvalue weighted by Gasteiger charge is -2.19. The molecule has 0 saturated heterocycles. The molecule has 0 saturated carbocycles. The normalized spacial score (nSPS) is 19.2. The maximum Gasteiger partial charge on any atom is 0.271 e. The Balaban J connectivity index is 1.45. The molecule has 130 valence electrons. The number of carbonyl (C=O) groups is 1. The lowest BCUT2D eigenvalue weighted by molar-refractivity contribution is -0.384. The van der Waals surface area contributed by atoms with Crippen molar-refractivity contribution < 1.29 is 23.9 Å². The van der Waals surface area contributed by atoms with Gasteiger partial charge < -0.3 is 24.8 Å². The number of hydrogen-bond donors (Lipinski definition) is 2. The fourth-order valence-corrected chi connectivity index (χ4v) is 3.09. The van der Waals surface area contributed by atoms with Gasteiger partial charge in [0.25, 0.3) is 5.69 Å². The van der Waals surface area contributed by atoms with E-state index in [4.69, 9.17) is 14.2 Å². The molecule has 2 aromatic rings. The summed E-state index contributed by atoms with van der Waals surface area (Å²) in [6.07, 6.45) is -0.834. The van der Waals surface area contributed by atoms with Crippen LogP contribution in [0.3, 0.4) is 0 Å². The Morgan fingerprint density at radius 2 is 1.88 bits per heavy atom. The van der Waals surface area contributed by atoms with Crippen molar-refractivity contribution in [2.75, 3.05) is 17.4 Å². The number of ketones is 1. The van der Waals surface area contributed by atoms with Crippen molar-refractivity contribution in [1.29, 1.82) is 0 Å². The van der Waals surface area contributed by atoms with Gasteiger partial charge in [0.05, 0.1) is 16.3 Å². The summed E-state index contributed by atoms with van der Waals surface area (Å²) in [5.74, 6) is 1.18. The third-order valence-corrected chi connectivity index (χ3v) is 4.37. The third kappa shape index (κ3) is 2.07. The molecule has 3 aliphatic heterocycles. The number of nitrogens with zero attached hydrogens (tertiary/aromatic N) is 1. The number of anilines is 2. The van der Waals surface area contributed by atoms with Crippen LogP contribution in [0.1, 0.15) is 11.7 Å². The van der Waals surface area contributed by atoms with E-state index in [9.17, 15) is 14.9 Å². The van der Waals surface area contributed by atoms with Crippen LogP contribution in [0.2, 0.25) is 0 Å². The zero-order valence-corrected chi connectivity index (χ0v) is 13.1. The summed E-state index contributed by atoms with van der Waals surface area (Å²) in [5, 5.41) is 16.9. The fraction of sp³-hybridized carbons (Fsp3) is 0.118. The summed E-state index contributed by atoms with van der Waals surface area (Å²) in [5.41, 5.74) is 1.90. The van der Waals surface area contributed by atoms with Gasteiger partial charge in [-0.15, -0.1) is 0 Å². The van der Waals surface area contributed by atoms with Crippen LogP contribution in [0.5, 0.6) is 11.5 Å². The number of Topliss-reactive ketones (excluding diaryl/α,β-unsaturated/α-hetero) is 1. The van der Waals surface area contributed by atoms with E-state index in [2.05, 4.69) is 10.6 Å². The number of nitrogens with one attached hydrogen (secondary N) is 2. The molecule has 0 bridgehead atoms. The number of benzene rings is 2. The van der Waals surface area contributed by atoms with Gasteiger partial charge in [0, 0.05) is 17.7 Å². The SMILES string of the molecule is O=C1C2=C(Nc3cc([N+](=O)[O-])ccc3N2)OC1c1ccc2c(c1)OCO2. The average molecular weight is 353 g/mol. The monoisotopic (exact) mass is 353 g/mol. The van der Waals surface area contributed by atoms with Crippen LogP contribution >= 0.6 is 0 Å².